The molecule has 1 N–H and O–H groups in total. The van der Waals surface area contributed by atoms with Gasteiger partial charge in [-0.05, 0) is 43.0 Å². The van der Waals surface area contributed by atoms with Gasteiger partial charge in [-0.25, -0.2) is 4.68 Å². The largest absolute Gasteiger partial charge is 0.338 e. The molecule has 0 aliphatic carbocycles. The molecule has 1 aromatic heterocycles. The molecule has 1 aliphatic rings. The quantitative estimate of drug-likeness (QED) is 0.849. The van der Waals surface area contributed by atoms with Crippen molar-refractivity contribution in [1.82, 2.24) is 14.7 Å². The average Bonchev–Trinajstić information content (AvgIpc) is 2.66. The van der Waals surface area contributed by atoms with Crippen LogP contribution in [0.2, 0.25) is 0 Å². The van der Waals surface area contributed by atoms with E-state index in [-0.39, 0.29) is 23.1 Å². The summed E-state index contributed by atoms with van der Waals surface area (Å²) in [5, 5.41) is 6.94. The Hall–Kier alpha value is -2.96. The Bertz CT molecular complexity index is 891. The van der Waals surface area contributed by atoms with E-state index in [0.29, 0.717) is 25.2 Å². The van der Waals surface area contributed by atoms with E-state index in [4.69, 9.17) is 0 Å². The molecule has 2 aromatic rings. The van der Waals surface area contributed by atoms with E-state index in [2.05, 4.69) is 10.4 Å². The number of anilines is 1. The van der Waals surface area contributed by atoms with Gasteiger partial charge in [-0.3, -0.25) is 14.4 Å². The molecule has 1 aliphatic heterocycles. The molecular weight excluding hydrogens is 344 g/mol. The van der Waals surface area contributed by atoms with Gasteiger partial charge in [-0.2, -0.15) is 5.10 Å². The zero-order chi connectivity index (χ0) is 19.2. The Labute approximate surface area is 158 Å². The summed E-state index contributed by atoms with van der Waals surface area (Å²) in [5.41, 5.74) is 1.57. The summed E-state index contributed by atoms with van der Waals surface area (Å²) in [6.07, 6.45) is 3.35. The maximum absolute atomic E-state index is 12.5. The van der Waals surface area contributed by atoms with Crippen molar-refractivity contribution in [2.45, 2.75) is 45.7 Å². The van der Waals surface area contributed by atoms with E-state index in [9.17, 15) is 14.4 Å². The van der Waals surface area contributed by atoms with Crippen molar-refractivity contribution in [3.63, 3.8) is 0 Å². The third kappa shape index (κ3) is 4.81. The Morgan fingerprint density at radius 3 is 2.81 bits per heavy atom. The van der Waals surface area contributed by atoms with Gasteiger partial charge in [0.05, 0.1) is 0 Å². The number of benzene rings is 1. The van der Waals surface area contributed by atoms with Gasteiger partial charge in [0.1, 0.15) is 5.69 Å². The van der Waals surface area contributed by atoms with Crippen LogP contribution in [0.5, 0.6) is 0 Å². The monoisotopic (exact) mass is 368 g/mol. The summed E-state index contributed by atoms with van der Waals surface area (Å²) < 4.78 is 1.30. The standard InChI is InChI=1S/C20H24N4O3/c1-2-11-24-19(26)10-9-17(22-24)20(27)21-16-7-5-6-15(13-16)14-23-12-4-3-8-18(23)25/h5-7,9-10,13H,2-4,8,11-12,14H2,1H3,(H,21,27). The Morgan fingerprint density at radius 2 is 2.04 bits per heavy atom. The predicted molar refractivity (Wildman–Crippen MR) is 102 cm³/mol. The minimum absolute atomic E-state index is 0.179. The first kappa shape index (κ1) is 18.8. The molecule has 0 spiro atoms. The van der Waals surface area contributed by atoms with Crippen LogP contribution in [0, 0.1) is 0 Å². The first-order valence-corrected chi connectivity index (χ1v) is 9.33. The number of nitrogens with one attached hydrogen (secondary N) is 1. The average molecular weight is 368 g/mol. The third-order valence-electron chi connectivity index (χ3n) is 4.51. The number of aromatic nitrogens is 2. The molecule has 2 heterocycles. The molecule has 0 atom stereocenters. The van der Waals surface area contributed by atoms with Crippen molar-refractivity contribution < 1.29 is 9.59 Å². The van der Waals surface area contributed by atoms with Gasteiger partial charge >= 0.3 is 0 Å². The van der Waals surface area contributed by atoms with Crippen molar-refractivity contribution in [3.8, 4) is 0 Å². The Balaban J connectivity index is 1.70. The summed E-state index contributed by atoms with van der Waals surface area (Å²) in [4.78, 5) is 38.1. The SMILES string of the molecule is CCCn1nc(C(=O)Nc2cccc(CN3CCCCC3=O)c2)ccc1=O. The molecule has 1 fully saturated rings. The number of hydrogen-bond acceptors (Lipinski definition) is 4. The number of nitrogens with zero attached hydrogens (tertiary/aromatic N) is 3. The lowest BCUT2D eigenvalue weighted by molar-refractivity contribution is -0.133. The van der Waals surface area contributed by atoms with Crippen molar-refractivity contribution in [3.05, 3.63) is 58.0 Å². The topological polar surface area (TPSA) is 84.3 Å². The predicted octanol–water partition coefficient (Wildman–Crippen LogP) is 2.42. The van der Waals surface area contributed by atoms with Crippen LogP contribution in [0.15, 0.2) is 41.2 Å². The molecule has 0 unspecified atom stereocenters. The highest BCUT2D eigenvalue weighted by molar-refractivity contribution is 6.02. The number of amides is 2. The number of carbonyl (C=O) groups is 2. The van der Waals surface area contributed by atoms with Crippen LogP contribution in [0.1, 0.15) is 48.7 Å². The molecule has 142 valence electrons. The van der Waals surface area contributed by atoms with Crippen LogP contribution >= 0.6 is 0 Å². The Morgan fingerprint density at radius 1 is 1.19 bits per heavy atom. The van der Waals surface area contributed by atoms with Crippen LogP contribution < -0.4 is 10.9 Å². The zero-order valence-electron chi connectivity index (χ0n) is 15.5. The van der Waals surface area contributed by atoms with Gasteiger partial charge in [0.2, 0.25) is 5.91 Å². The van der Waals surface area contributed by atoms with Gasteiger partial charge in [0, 0.05) is 37.8 Å². The van der Waals surface area contributed by atoms with Gasteiger partial charge in [-0.15, -0.1) is 0 Å². The molecule has 0 bridgehead atoms. The molecular formula is C20H24N4O3. The van der Waals surface area contributed by atoms with Gasteiger partial charge < -0.3 is 10.2 Å². The zero-order valence-corrected chi connectivity index (χ0v) is 15.5. The van der Waals surface area contributed by atoms with E-state index in [1.54, 1.807) is 6.07 Å². The molecule has 2 amide bonds. The summed E-state index contributed by atoms with van der Waals surface area (Å²) in [6, 6.07) is 10.2. The third-order valence-corrected chi connectivity index (χ3v) is 4.51. The molecule has 1 aromatic carbocycles. The van der Waals surface area contributed by atoms with Crippen LogP contribution in [-0.2, 0) is 17.9 Å². The summed E-state index contributed by atoms with van der Waals surface area (Å²) >= 11 is 0. The second kappa shape index (κ2) is 8.62. The van der Waals surface area contributed by atoms with E-state index in [1.165, 1.54) is 16.8 Å². The lowest BCUT2D eigenvalue weighted by atomic mass is 10.1. The fourth-order valence-electron chi connectivity index (χ4n) is 3.13. The fraction of sp³-hybridized carbons (Fsp3) is 0.400. The van der Waals surface area contributed by atoms with Crippen molar-refractivity contribution in [2.24, 2.45) is 0 Å². The number of piperidine rings is 1. The van der Waals surface area contributed by atoms with Crippen molar-refractivity contribution >= 4 is 17.5 Å². The number of carbonyl (C=O) groups excluding carboxylic acids is 2. The van der Waals surface area contributed by atoms with Gasteiger partial charge in [0.15, 0.2) is 0 Å². The second-order valence-corrected chi connectivity index (χ2v) is 6.71. The summed E-state index contributed by atoms with van der Waals surface area (Å²) in [6.45, 7) is 3.74. The highest BCUT2D eigenvalue weighted by Gasteiger charge is 2.18. The molecule has 7 heteroatoms. The fourth-order valence-corrected chi connectivity index (χ4v) is 3.13. The van der Waals surface area contributed by atoms with Crippen LogP contribution in [0.4, 0.5) is 5.69 Å². The van der Waals surface area contributed by atoms with Crippen molar-refractivity contribution in [1.29, 1.82) is 0 Å². The summed E-state index contributed by atoms with van der Waals surface area (Å²) in [5.74, 6) is -0.191. The minimum atomic E-state index is -0.369. The number of aryl methyl sites for hydroxylation is 1. The van der Waals surface area contributed by atoms with E-state index < -0.39 is 0 Å². The second-order valence-electron chi connectivity index (χ2n) is 6.71. The molecule has 1 saturated heterocycles. The lowest BCUT2D eigenvalue weighted by Crippen LogP contribution is -2.34. The highest BCUT2D eigenvalue weighted by Crippen LogP contribution is 2.17. The van der Waals surface area contributed by atoms with Crippen LogP contribution in [0.25, 0.3) is 0 Å². The Kier molecular flexibility index (Phi) is 6.01. The number of rotatable bonds is 6. The van der Waals surface area contributed by atoms with Crippen LogP contribution in [0.3, 0.4) is 0 Å². The normalized spacial score (nSPS) is 14.3. The first-order valence-electron chi connectivity index (χ1n) is 9.33. The molecule has 0 radical (unpaired) electrons. The first-order chi connectivity index (χ1) is 13.1. The van der Waals surface area contributed by atoms with E-state index >= 15 is 0 Å². The maximum atomic E-state index is 12.5. The minimum Gasteiger partial charge on any atom is -0.338 e. The van der Waals surface area contributed by atoms with Gasteiger partial charge in [-0.1, -0.05) is 19.1 Å². The molecule has 3 rings (SSSR count). The number of likely N-dealkylation sites (tertiary alicyclic amines) is 1. The highest BCUT2D eigenvalue weighted by atomic mass is 16.2. The number of hydrogen-bond donors (Lipinski definition) is 1. The maximum Gasteiger partial charge on any atom is 0.276 e. The smallest absolute Gasteiger partial charge is 0.276 e. The van der Waals surface area contributed by atoms with E-state index in [0.717, 1.165) is 31.4 Å². The molecule has 27 heavy (non-hydrogen) atoms. The summed E-state index contributed by atoms with van der Waals surface area (Å²) in [7, 11) is 0. The van der Waals surface area contributed by atoms with Gasteiger partial charge in [0.25, 0.3) is 11.5 Å². The lowest BCUT2D eigenvalue weighted by Gasteiger charge is -2.26. The van der Waals surface area contributed by atoms with Crippen LogP contribution in [-0.4, -0.2) is 33.0 Å². The van der Waals surface area contributed by atoms with E-state index in [1.807, 2.05) is 30.0 Å². The van der Waals surface area contributed by atoms with Crippen molar-refractivity contribution in [2.75, 3.05) is 11.9 Å². The molecule has 0 saturated carbocycles. The molecule has 7 nitrogen and oxygen atoms in total.